The largest absolute Gasteiger partial charge is 0.488 e. The van der Waals surface area contributed by atoms with Crippen LogP contribution >= 0.6 is 0 Å². The lowest BCUT2D eigenvalue weighted by Gasteiger charge is -2.10. The molecule has 0 atom stereocenters. The molecule has 4 aromatic rings. The smallest absolute Gasteiger partial charge is 0.423 e. The normalized spacial score (nSPS) is 10.8. The molecule has 0 bridgehead atoms. The van der Waals surface area contributed by atoms with Crippen molar-refractivity contribution in [1.82, 2.24) is 0 Å². The van der Waals surface area contributed by atoms with Crippen LogP contribution in [-0.2, 0) is 0 Å². The van der Waals surface area contributed by atoms with Gasteiger partial charge in [-0.15, -0.1) is 0 Å². The molecule has 3 heteroatoms. The minimum Gasteiger partial charge on any atom is -0.423 e. The molecule has 0 spiro atoms. The first-order chi connectivity index (χ1) is 12.2. The number of rotatable bonds is 3. The second kappa shape index (κ2) is 6.56. The van der Waals surface area contributed by atoms with E-state index in [4.69, 9.17) is 0 Å². The number of benzene rings is 4. The molecular weight excluding hydrogens is 307 g/mol. The molecule has 0 fully saturated rings. The van der Waals surface area contributed by atoms with Gasteiger partial charge in [-0.05, 0) is 44.6 Å². The van der Waals surface area contributed by atoms with E-state index in [-0.39, 0.29) is 0 Å². The first kappa shape index (κ1) is 15.6. The first-order valence-electron chi connectivity index (χ1n) is 8.27. The van der Waals surface area contributed by atoms with Crippen LogP contribution in [0.3, 0.4) is 0 Å². The Morgan fingerprint density at radius 2 is 1.20 bits per heavy atom. The van der Waals surface area contributed by atoms with E-state index in [0.717, 1.165) is 16.7 Å². The molecule has 0 heterocycles. The standard InChI is InChI=1S/C22H17BO2/c24-23(25)20-11-4-9-18(15-20)17-8-3-10-19(14-17)22-13-5-7-16-6-1-2-12-21(16)22/h1-15,24-25H. The van der Waals surface area contributed by atoms with Crippen molar-refractivity contribution in [2.45, 2.75) is 0 Å². The number of hydrogen-bond donors (Lipinski definition) is 2. The second-order valence-corrected chi connectivity index (χ2v) is 6.11. The molecule has 2 N–H and O–H groups in total. The molecule has 0 aromatic heterocycles. The molecule has 0 radical (unpaired) electrons. The van der Waals surface area contributed by atoms with E-state index in [1.807, 2.05) is 36.4 Å². The highest BCUT2D eigenvalue weighted by Crippen LogP contribution is 2.31. The van der Waals surface area contributed by atoms with E-state index in [9.17, 15) is 10.0 Å². The molecule has 0 saturated heterocycles. The van der Waals surface area contributed by atoms with Crippen LogP contribution in [0.1, 0.15) is 0 Å². The van der Waals surface area contributed by atoms with Crippen LogP contribution in [0.2, 0.25) is 0 Å². The van der Waals surface area contributed by atoms with Gasteiger partial charge in [-0.2, -0.15) is 0 Å². The number of fused-ring (bicyclic) bond motifs is 1. The molecule has 4 rings (SSSR count). The average Bonchev–Trinajstić information content (AvgIpc) is 2.68. The third kappa shape index (κ3) is 3.08. The van der Waals surface area contributed by atoms with Gasteiger partial charge in [-0.25, -0.2) is 0 Å². The Morgan fingerprint density at radius 3 is 2.04 bits per heavy atom. The zero-order valence-electron chi connectivity index (χ0n) is 13.6. The van der Waals surface area contributed by atoms with Crippen molar-refractivity contribution in [1.29, 1.82) is 0 Å². The molecule has 0 amide bonds. The monoisotopic (exact) mass is 324 g/mol. The maximum Gasteiger partial charge on any atom is 0.488 e. The zero-order chi connectivity index (χ0) is 17.2. The Morgan fingerprint density at radius 1 is 0.560 bits per heavy atom. The van der Waals surface area contributed by atoms with Crippen molar-refractivity contribution in [3.63, 3.8) is 0 Å². The quantitative estimate of drug-likeness (QED) is 0.562. The van der Waals surface area contributed by atoms with Crippen molar-refractivity contribution in [3.8, 4) is 22.3 Å². The predicted octanol–water partition coefficient (Wildman–Crippen LogP) is 3.85. The maximum absolute atomic E-state index is 9.40. The van der Waals surface area contributed by atoms with Gasteiger partial charge < -0.3 is 10.0 Å². The SMILES string of the molecule is OB(O)c1cccc(-c2cccc(-c3cccc4ccccc34)c2)c1. The van der Waals surface area contributed by atoms with Crippen LogP contribution in [0.4, 0.5) is 0 Å². The Hall–Kier alpha value is -2.88. The van der Waals surface area contributed by atoms with Crippen molar-refractivity contribution >= 4 is 23.4 Å². The van der Waals surface area contributed by atoms with Crippen LogP contribution in [0.5, 0.6) is 0 Å². The van der Waals surface area contributed by atoms with Gasteiger partial charge in [0, 0.05) is 0 Å². The summed E-state index contributed by atoms with van der Waals surface area (Å²) in [5, 5.41) is 21.2. The molecule has 0 aliphatic rings. The zero-order valence-corrected chi connectivity index (χ0v) is 13.6. The van der Waals surface area contributed by atoms with Gasteiger partial charge in [0.2, 0.25) is 0 Å². The van der Waals surface area contributed by atoms with E-state index >= 15 is 0 Å². The van der Waals surface area contributed by atoms with E-state index in [0.29, 0.717) is 5.46 Å². The Kier molecular flexibility index (Phi) is 4.10. The first-order valence-corrected chi connectivity index (χ1v) is 8.27. The van der Waals surface area contributed by atoms with E-state index in [1.165, 1.54) is 16.3 Å². The summed E-state index contributed by atoms with van der Waals surface area (Å²) in [6.07, 6.45) is 0. The Balaban J connectivity index is 1.83. The lowest BCUT2D eigenvalue weighted by molar-refractivity contribution is 0.426. The lowest BCUT2D eigenvalue weighted by Crippen LogP contribution is -2.29. The molecule has 120 valence electrons. The van der Waals surface area contributed by atoms with E-state index in [1.54, 1.807) is 6.07 Å². The van der Waals surface area contributed by atoms with Crippen LogP contribution < -0.4 is 5.46 Å². The van der Waals surface area contributed by atoms with Crippen molar-refractivity contribution in [2.75, 3.05) is 0 Å². The van der Waals surface area contributed by atoms with Gasteiger partial charge in [0.05, 0.1) is 0 Å². The topological polar surface area (TPSA) is 40.5 Å². The van der Waals surface area contributed by atoms with Gasteiger partial charge in [0.25, 0.3) is 0 Å². The van der Waals surface area contributed by atoms with Crippen LogP contribution in [0, 0.1) is 0 Å². The van der Waals surface area contributed by atoms with Gasteiger partial charge in [0.1, 0.15) is 0 Å². The Bertz CT molecular complexity index is 1040. The van der Waals surface area contributed by atoms with Gasteiger partial charge in [0.15, 0.2) is 0 Å². The number of hydrogen-bond acceptors (Lipinski definition) is 2. The molecule has 2 nitrogen and oxygen atoms in total. The summed E-state index contributed by atoms with van der Waals surface area (Å²) in [4.78, 5) is 0. The maximum atomic E-state index is 9.40. The van der Waals surface area contributed by atoms with Crippen LogP contribution in [-0.4, -0.2) is 17.2 Å². The van der Waals surface area contributed by atoms with Crippen molar-refractivity contribution < 1.29 is 10.0 Å². The van der Waals surface area contributed by atoms with Crippen LogP contribution in [0.25, 0.3) is 33.0 Å². The lowest BCUT2D eigenvalue weighted by atomic mass is 9.79. The van der Waals surface area contributed by atoms with Crippen molar-refractivity contribution in [2.24, 2.45) is 0 Å². The van der Waals surface area contributed by atoms with Gasteiger partial charge >= 0.3 is 7.12 Å². The fourth-order valence-corrected chi connectivity index (χ4v) is 3.22. The van der Waals surface area contributed by atoms with Gasteiger partial charge in [-0.1, -0.05) is 84.9 Å². The third-order valence-corrected chi connectivity index (χ3v) is 4.48. The molecule has 0 unspecified atom stereocenters. The fourth-order valence-electron chi connectivity index (χ4n) is 3.22. The molecule has 4 aromatic carbocycles. The fraction of sp³-hybridized carbons (Fsp3) is 0. The highest BCUT2D eigenvalue weighted by molar-refractivity contribution is 6.58. The summed E-state index contributed by atoms with van der Waals surface area (Å²) in [5.74, 6) is 0. The highest BCUT2D eigenvalue weighted by Gasteiger charge is 2.12. The van der Waals surface area contributed by atoms with Crippen LogP contribution in [0.15, 0.2) is 91.0 Å². The Labute approximate surface area is 147 Å². The second-order valence-electron chi connectivity index (χ2n) is 6.11. The summed E-state index contributed by atoms with van der Waals surface area (Å²) in [6.45, 7) is 0. The highest BCUT2D eigenvalue weighted by atomic mass is 16.4. The summed E-state index contributed by atoms with van der Waals surface area (Å²) >= 11 is 0. The molecular formula is C22H17BO2. The predicted molar refractivity (Wildman–Crippen MR) is 105 cm³/mol. The van der Waals surface area contributed by atoms with E-state index in [2.05, 4.69) is 48.5 Å². The summed E-state index contributed by atoms with van der Waals surface area (Å²) < 4.78 is 0. The van der Waals surface area contributed by atoms with Gasteiger partial charge in [-0.3, -0.25) is 0 Å². The average molecular weight is 324 g/mol. The summed E-state index contributed by atoms with van der Waals surface area (Å²) in [7, 11) is -1.46. The third-order valence-electron chi connectivity index (χ3n) is 4.48. The summed E-state index contributed by atoms with van der Waals surface area (Å²) in [6, 6.07) is 30.4. The minimum absolute atomic E-state index is 0.494. The van der Waals surface area contributed by atoms with E-state index < -0.39 is 7.12 Å². The molecule has 0 saturated carbocycles. The summed E-state index contributed by atoms with van der Waals surface area (Å²) in [5.41, 5.74) is 4.84. The molecule has 0 aliphatic heterocycles. The molecule has 25 heavy (non-hydrogen) atoms. The molecule has 0 aliphatic carbocycles. The minimum atomic E-state index is -1.46. The van der Waals surface area contributed by atoms with Crippen molar-refractivity contribution in [3.05, 3.63) is 91.0 Å².